The van der Waals surface area contributed by atoms with Crippen LogP contribution in [0.25, 0.3) is 0 Å². The van der Waals surface area contributed by atoms with Crippen LogP contribution in [0.15, 0.2) is 60.7 Å². The first kappa shape index (κ1) is 18.8. The molecule has 0 aliphatic carbocycles. The van der Waals surface area contributed by atoms with Gasteiger partial charge in [0.15, 0.2) is 0 Å². The Morgan fingerprint density at radius 2 is 1.50 bits per heavy atom. The minimum absolute atomic E-state index is 0.0850. The summed E-state index contributed by atoms with van der Waals surface area (Å²) >= 11 is 0. The number of nitrogens with one attached hydrogen (secondary N) is 2. The van der Waals surface area contributed by atoms with Crippen LogP contribution in [0, 0.1) is 0 Å². The molecule has 3 atom stereocenters. The van der Waals surface area contributed by atoms with Gasteiger partial charge in [0.25, 0.3) is 0 Å². The van der Waals surface area contributed by atoms with Crippen LogP contribution in [0.5, 0.6) is 11.5 Å². The van der Waals surface area contributed by atoms with Crippen LogP contribution in [-0.2, 0) is 11.3 Å². The van der Waals surface area contributed by atoms with Crippen LogP contribution in [0.2, 0.25) is 0 Å². The van der Waals surface area contributed by atoms with Gasteiger partial charge in [-0.2, -0.15) is 0 Å². The molecule has 2 N–H and O–H groups in total. The fourth-order valence-electron chi connectivity index (χ4n) is 4.96. The van der Waals surface area contributed by atoms with Crippen molar-refractivity contribution in [1.29, 1.82) is 0 Å². The lowest BCUT2D eigenvalue weighted by atomic mass is 9.76. The Morgan fingerprint density at radius 3 is 2.27 bits per heavy atom. The van der Waals surface area contributed by atoms with Crippen LogP contribution in [-0.4, -0.2) is 21.3 Å². The molecule has 0 saturated heterocycles. The molecule has 0 fully saturated rings. The maximum Gasteiger partial charge on any atom is 0.129 e. The van der Waals surface area contributed by atoms with Gasteiger partial charge in [-0.15, -0.1) is 0 Å². The molecule has 2 aliphatic heterocycles. The molecule has 5 rings (SSSR count). The molecule has 2 aliphatic rings. The molecule has 2 heterocycles. The first-order valence-electron chi connectivity index (χ1n) is 10.2. The fraction of sp³-hybridized carbons (Fsp3) is 0.280. The second-order valence-electron chi connectivity index (χ2n) is 7.78. The second-order valence-corrected chi connectivity index (χ2v) is 7.78. The van der Waals surface area contributed by atoms with Gasteiger partial charge in [0.2, 0.25) is 0 Å². The van der Waals surface area contributed by atoms with Crippen LogP contribution in [0.3, 0.4) is 0 Å². The van der Waals surface area contributed by atoms with E-state index in [0.717, 1.165) is 22.7 Å². The average Bonchev–Trinajstić information content (AvgIpc) is 3.18. The van der Waals surface area contributed by atoms with E-state index in [1.54, 1.807) is 21.3 Å². The Bertz CT molecular complexity index is 1080. The van der Waals surface area contributed by atoms with Gasteiger partial charge >= 0.3 is 0 Å². The van der Waals surface area contributed by atoms with Gasteiger partial charge in [-0.3, -0.25) is 0 Å². The largest absolute Gasteiger partial charge is 0.497 e. The molecule has 0 aromatic heterocycles. The Hall–Kier alpha value is -3.18. The standard InChI is InChI=1S/C25H26N2O3/c1-28-14-15-8-4-5-9-17(15)24-22-18-10-6-7-11-19(18)26-25(22)23-20(27-24)12-16(29-2)13-21(23)30-3/h4-13,22,24-27H,14H2,1-3H3/t22-,24+,25-/m1/s1. The predicted molar refractivity (Wildman–Crippen MR) is 119 cm³/mol. The smallest absolute Gasteiger partial charge is 0.129 e. The summed E-state index contributed by atoms with van der Waals surface area (Å²) in [4.78, 5) is 0. The van der Waals surface area contributed by atoms with E-state index in [1.807, 2.05) is 6.07 Å². The lowest BCUT2D eigenvalue weighted by molar-refractivity contribution is 0.183. The SMILES string of the molecule is COCc1ccccc1[C@@H]1Nc2cc(OC)cc(OC)c2[C@@H]2Nc3ccccc3[C@H]12. The monoisotopic (exact) mass is 402 g/mol. The molecule has 0 saturated carbocycles. The van der Waals surface area contributed by atoms with Crippen molar-refractivity contribution in [3.05, 3.63) is 82.9 Å². The number of rotatable bonds is 5. The van der Waals surface area contributed by atoms with Crippen molar-refractivity contribution in [2.45, 2.75) is 24.6 Å². The third kappa shape index (κ3) is 2.89. The highest BCUT2D eigenvalue weighted by Crippen LogP contribution is 2.58. The second kappa shape index (κ2) is 7.58. The zero-order chi connectivity index (χ0) is 20.7. The topological polar surface area (TPSA) is 51.8 Å². The molecule has 0 amide bonds. The van der Waals surface area contributed by atoms with Gasteiger partial charge in [-0.1, -0.05) is 42.5 Å². The van der Waals surface area contributed by atoms with Crippen molar-refractivity contribution in [3.8, 4) is 11.5 Å². The Labute approximate surface area is 177 Å². The zero-order valence-electron chi connectivity index (χ0n) is 17.4. The molecule has 0 radical (unpaired) electrons. The summed E-state index contributed by atoms with van der Waals surface area (Å²) in [7, 11) is 5.14. The molecule has 3 aromatic carbocycles. The van der Waals surface area contributed by atoms with Crippen LogP contribution in [0.4, 0.5) is 11.4 Å². The van der Waals surface area contributed by atoms with E-state index in [9.17, 15) is 0 Å². The van der Waals surface area contributed by atoms with Gasteiger partial charge in [-0.05, 0) is 22.8 Å². The van der Waals surface area contributed by atoms with Gasteiger partial charge < -0.3 is 24.8 Å². The van der Waals surface area contributed by atoms with E-state index in [4.69, 9.17) is 14.2 Å². The van der Waals surface area contributed by atoms with Crippen LogP contribution < -0.4 is 20.1 Å². The van der Waals surface area contributed by atoms with Crippen molar-refractivity contribution >= 4 is 11.4 Å². The number of fused-ring (bicyclic) bond motifs is 5. The maximum atomic E-state index is 5.79. The normalized spacial score (nSPS) is 21.0. The van der Waals surface area contributed by atoms with E-state index in [0.29, 0.717) is 6.61 Å². The minimum atomic E-state index is 0.0850. The number of para-hydroxylation sites is 1. The molecule has 0 spiro atoms. The third-order valence-corrected chi connectivity index (χ3v) is 6.23. The summed E-state index contributed by atoms with van der Waals surface area (Å²) in [5.74, 6) is 1.82. The Kier molecular flexibility index (Phi) is 4.75. The molecule has 5 heteroatoms. The van der Waals surface area contributed by atoms with Gasteiger partial charge in [0, 0.05) is 42.1 Å². The maximum absolute atomic E-state index is 5.79. The van der Waals surface area contributed by atoms with Crippen molar-refractivity contribution in [3.63, 3.8) is 0 Å². The van der Waals surface area contributed by atoms with E-state index in [1.165, 1.54) is 22.4 Å². The molecule has 3 aromatic rings. The molecular weight excluding hydrogens is 376 g/mol. The fourth-order valence-corrected chi connectivity index (χ4v) is 4.96. The minimum Gasteiger partial charge on any atom is -0.497 e. The van der Waals surface area contributed by atoms with E-state index >= 15 is 0 Å². The third-order valence-electron chi connectivity index (χ3n) is 6.23. The average molecular weight is 402 g/mol. The molecule has 30 heavy (non-hydrogen) atoms. The van der Waals surface area contributed by atoms with E-state index in [2.05, 4.69) is 65.2 Å². The molecule has 5 nitrogen and oxygen atoms in total. The zero-order valence-corrected chi connectivity index (χ0v) is 17.4. The predicted octanol–water partition coefficient (Wildman–Crippen LogP) is 5.27. The van der Waals surface area contributed by atoms with E-state index < -0.39 is 0 Å². The Balaban J connectivity index is 1.72. The lowest BCUT2D eigenvalue weighted by Gasteiger charge is -2.39. The van der Waals surface area contributed by atoms with Gasteiger partial charge in [-0.25, -0.2) is 0 Å². The highest BCUT2D eigenvalue weighted by molar-refractivity contribution is 5.73. The summed E-state index contributed by atoms with van der Waals surface area (Å²) < 4.78 is 16.8. The van der Waals surface area contributed by atoms with Gasteiger partial charge in [0.05, 0.1) is 32.9 Å². The first-order chi connectivity index (χ1) is 14.7. The van der Waals surface area contributed by atoms with Crippen LogP contribution >= 0.6 is 0 Å². The summed E-state index contributed by atoms with van der Waals surface area (Å²) in [5, 5.41) is 7.58. The number of benzene rings is 3. The first-order valence-corrected chi connectivity index (χ1v) is 10.2. The summed E-state index contributed by atoms with van der Waals surface area (Å²) in [6, 6.07) is 21.3. The number of methoxy groups -OCH3 is 3. The number of anilines is 2. The molecule has 0 bridgehead atoms. The molecule has 0 unspecified atom stereocenters. The van der Waals surface area contributed by atoms with Gasteiger partial charge in [0.1, 0.15) is 11.5 Å². The lowest BCUT2D eigenvalue weighted by Crippen LogP contribution is -2.31. The number of ether oxygens (including phenoxy) is 3. The van der Waals surface area contributed by atoms with Crippen molar-refractivity contribution < 1.29 is 14.2 Å². The van der Waals surface area contributed by atoms with Crippen molar-refractivity contribution in [2.75, 3.05) is 32.0 Å². The summed E-state index contributed by atoms with van der Waals surface area (Å²) in [6.45, 7) is 0.578. The quantitative estimate of drug-likeness (QED) is 0.609. The highest BCUT2D eigenvalue weighted by atomic mass is 16.5. The van der Waals surface area contributed by atoms with Crippen LogP contribution in [0.1, 0.15) is 40.3 Å². The number of hydrogen-bond donors (Lipinski definition) is 2. The van der Waals surface area contributed by atoms with Crippen molar-refractivity contribution in [1.82, 2.24) is 0 Å². The molecule has 154 valence electrons. The Morgan fingerprint density at radius 1 is 0.767 bits per heavy atom. The highest BCUT2D eigenvalue weighted by Gasteiger charge is 2.45. The van der Waals surface area contributed by atoms with Crippen molar-refractivity contribution in [2.24, 2.45) is 0 Å². The number of hydrogen-bond acceptors (Lipinski definition) is 5. The van der Waals surface area contributed by atoms with E-state index in [-0.39, 0.29) is 18.0 Å². The summed E-state index contributed by atoms with van der Waals surface area (Å²) in [5.41, 5.74) is 7.11. The molecular formula is C25H26N2O3. The summed E-state index contributed by atoms with van der Waals surface area (Å²) in [6.07, 6.45) is 0.